The van der Waals surface area contributed by atoms with E-state index in [0.29, 0.717) is 14.5 Å². The Kier molecular flexibility index (Phi) is 6.02. The van der Waals surface area contributed by atoms with Gasteiger partial charge in [0.1, 0.15) is 0 Å². The lowest BCUT2D eigenvalue weighted by molar-refractivity contribution is 0.423. The summed E-state index contributed by atoms with van der Waals surface area (Å²) in [5, 5.41) is 6.60. The first kappa shape index (κ1) is 26.3. The van der Waals surface area contributed by atoms with E-state index < -0.39 is 7.92 Å². The average Bonchev–Trinajstić information content (AvgIpc) is 3.60. The Labute approximate surface area is 253 Å². The Balaban J connectivity index is 1.35. The van der Waals surface area contributed by atoms with Crippen LogP contribution in [0.2, 0.25) is 0 Å². The summed E-state index contributed by atoms with van der Waals surface area (Å²) in [6.45, 7) is 10.2. The summed E-state index contributed by atoms with van der Waals surface area (Å²) in [5.41, 5.74) is 12.2. The maximum atomic E-state index is 2.58. The van der Waals surface area contributed by atoms with Gasteiger partial charge in [0.25, 0.3) is 0 Å². The molecule has 0 saturated carbocycles. The summed E-state index contributed by atoms with van der Waals surface area (Å²) in [7, 11) is 0.221. The van der Waals surface area contributed by atoms with Crippen molar-refractivity contribution in [2.75, 3.05) is 6.16 Å². The lowest BCUT2D eigenvalue weighted by Gasteiger charge is -2.42. The van der Waals surface area contributed by atoms with Crippen molar-refractivity contribution in [1.29, 1.82) is 0 Å². The van der Waals surface area contributed by atoms with Gasteiger partial charge < -0.3 is 0 Å². The van der Waals surface area contributed by atoms with Crippen LogP contribution < -0.4 is 0 Å². The molecule has 0 N–H and O–H groups in total. The molecule has 2 heteroatoms. The fourth-order valence-electron chi connectivity index (χ4n) is 8.72. The predicted molar refractivity (Wildman–Crippen MR) is 185 cm³/mol. The van der Waals surface area contributed by atoms with Crippen LogP contribution in [0.4, 0.5) is 0 Å². The molecule has 206 valence electrons. The van der Waals surface area contributed by atoms with Crippen molar-refractivity contribution in [1.82, 2.24) is 0 Å². The fraction of sp³-hybridized carbons (Fsp3) is 0.200. The SMILES string of the molecule is CC1C(c2ccccc2)=C(c2ccccc2)PC2=C1C(C)(C)C1=C2[P@]2C[C@]1(C)C(c1ccccc1)=C2c1ccccc1. The van der Waals surface area contributed by atoms with E-state index in [1.54, 1.807) is 32.7 Å². The largest absolute Gasteiger partial charge is 0.0622 e. The zero-order valence-electron chi connectivity index (χ0n) is 24.8. The second-order valence-electron chi connectivity index (χ2n) is 12.9. The molecule has 0 amide bonds. The molecule has 3 aliphatic heterocycles. The first-order valence-corrected chi connectivity index (χ1v) is 17.7. The zero-order valence-corrected chi connectivity index (χ0v) is 26.7. The van der Waals surface area contributed by atoms with Gasteiger partial charge in [-0.05, 0) is 79.9 Å². The molecule has 4 aromatic carbocycles. The molecule has 1 aliphatic carbocycles. The minimum absolute atomic E-state index is 0.0212. The van der Waals surface area contributed by atoms with E-state index in [-0.39, 0.29) is 10.8 Å². The van der Waals surface area contributed by atoms with Gasteiger partial charge in [-0.2, -0.15) is 0 Å². The number of hydrogen-bond donors (Lipinski definition) is 0. The Bertz CT molecular complexity index is 1840. The van der Waals surface area contributed by atoms with Crippen molar-refractivity contribution < 1.29 is 0 Å². The minimum atomic E-state index is -0.452. The predicted octanol–water partition coefficient (Wildman–Crippen LogP) is 11.5. The van der Waals surface area contributed by atoms with Crippen LogP contribution in [0.15, 0.2) is 143 Å². The highest BCUT2D eigenvalue weighted by atomic mass is 31.1. The summed E-state index contributed by atoms with van der Waals surface area (Å²) < 4.78 is 0. The topological polar surface area (TPSA) is 0 Å². The summed E-state index contributed by atoms with van der Waals surface area (Å²) in [6, 6.07) is 45.0. The highest BCUT2D eigenvalue weighted by Crippen LogP contribution is 2.86. The summed E-state index contributed by atoms with van der Waals surface area (Å²) in [4.78, 5) is 0. The van der Waals surface area contributed by atoms with Crippen molar-refractivity contribution in [3.8, 4) is 0 Å². The molecule has 3 heterocycles. The molecule has 0 fully saturated rings. The van der Waals surface area contributed by atoms with E-state index in [2.05, 4.69) is 149 Å². The van der Waals surface area contributed by atoms with Gasteiger partial charge in [-0.15, -0.1) is 0 Å². The molecular formula is C40H36P2. The van der Waals surface area contributed by atoms with Gasteiger partial charge in [0.2, 0.25) is 0 Å². The molecular weight excluding hydrogens is 542 g/mol. The second-order valence-corrected chi connectivity index (χ2v) is 16.2. The molecule has 4 aromatic rings. The van der Waals surface area contributed by atoms with E-state index in [0.717, 1.165) is 0 Å². The van der Waals surface area contributed by atoms with E-state index in [1.165, 1.54) is 39.3 Å². The summed E-state index contributed by atoms with van der Waals surface area (Å²) in [6.07, 6.45) is 1.25. The third-order valence-electron chi connectivity index (χ3n) is 10.0. The first-order chi connectivity index (χ1) is 20.4. The Morgan fingerprint density at radius 1 is 0.595 bits per heavy atom. The van der Waals surface area contributed by atoms with Gasteiger partial charge in [-0.1, -0.05) is 158 Å². The van der Waals surface area contributed by atoms with E-state index in [4.69, 9.17) is 0 Å². The van der Waals surface area contributed by atoms with Crippen LogP contribution in [0, 0.1) is 16.7 Å². The smallest absolute Gasteiger partial charge is 0.0209 e. The monoisotopic (exact) mass is 578 g/mol. The molecule has 4 atom stereocenters. The van der Waals surface area contributed by atoms with Crippen molar-refractivity contribution >= 4 is 38.3 Å². The maximum absolute atomic E-state index is 2.58. The van der Waals surface area contributed by atoms with Crippen molar-refractivity contribution in [3.63, 3.8) is 0 Å². The summed E-state index contributed by atoms with van der Waals surface area (Å²) >= 11 is 0. The maximum Gasteiger partial charge on any atom is 0.0209 e. The van der Waals surface area contributed by atoms with E-state index >= 15 is 0 Å². The van der Waals surface area contributed by atoms with Crippen LogP contribution >= 0.6 is 16.5 Å². The van der Waals surface area contributed by atoms with Gasteiger partial charge in [-0.25, -0.2) is 0 Å². The zero-order chi connectivity index (χ0) is 28.6. The Morgan fingerprint density at radius 3 is 1.67 bits per heavy atom. The lowest BCUT2D eigenvalue weighted by atomic mass is 9.62. The third-order valence-corrected chi connectivity index (χ3v) is 14.8. The minimum Gasteiger partial charge on any atom is -0.0622 e. The first-order valence-electron chi connectivity index (χ1n) is 15.2. The van der Waals surface area contributed by atoms with Gasteiger partial charge in [0.05, 0.1) is 0 Å². The van der Waals surface area contributed by atoms with Crippen molar-refractivity contribution in [2.45, 2.75) is 27.7 Å². The van der Waals surface area contributed by atoms with Gasteiger partial charge >= 0.3 is 0 Å². The van der Waals surface area contributed by atoms with Crippen LogP contribution in [0.3, 0.4) is 0 Å². The van der Waals surface area contributed by atoms with Crippen LogP contribution in [0.1, 0.15) is 49.9 Å². The van der Waals surface area contributed by atoms with Crippen LogP contribution in [-0.4, -0.2) is 6.16 Å². The standard InChI is InChI=1S/C40H36P2/c1-26-31(27-17-9-5-10-18-27)34(29-21-13-7-14-22-29)41-35-32(26)39(2,3)38-37(35)42-25-40(38,4)33(28-19-11-6-12-20-28)36(42)30-23-15-8-16-24-30/h5-24,26,41H,25H2,1-4H3/t26?,40-,42-/m1/s1. The van der Waals surface area contributed by atoms with Crippen LogP contribution in [0.5, 0.6) is 0 Å². The number of allylic oxidation sites excluding steroid dienone is 6. The number of hydrogen-bond acceptors (Lipinski definition) is 0. The van der Waals surface area contributed by atoms with Crippen molar-refractivity contribution in [3.05, 3.63) is 165 Å². The molecule has 4 aliphatic rings. The van der Waals surface area contributed by atoms with Gasteiger partial charge in [-0.3, -0.25) is 0 Å². The molecule has 2 unspecified atom stereocenters. The van der Waals surface area contributed by atoms with Gasteiger partial charge in [0.15, 0.2) is 0 Å². The fourth-order valence-corrected chi connectivity index (χ4v) is 15.0. The molecule has 0 spiro atoms. The van der Waals surface area contributed by atoms with Crippen LogP contribution in [-0.2, 0) is 0 Å². The number of rotatable bonds is 4. The van der Waals surface area contributed by atoms with Crippen LogP contribution in [0.25, 0.3) is 21.8 Å². The van der Waals surface area contributed by atoms with Crippen molar-refractivity contribution in [2.24, 2.45) is 16.7 Å². The molecule has 8 rings (SSSR count). The third kappa shape index (κ3) is 3.62. The Hall–Kier alpha value is -3.30. The average molecular weight is 579 g/mol. The van der Waals surface area contributed by atoms with E-state index in [9.17, 15) is 0 Å². The molecule has 0 aromatic heterocycles. The molecule has 0 nitrogen and oxygen atoms in total. The second kappa shape index (κ2) is 9.61. The quantitative estimate of drug-likeness (QED) is 0.211. The highest BCUT2D eigenvalue weighted by Gasteiger charge is 2.62. The lowest BCUT2D eigenvalue weighted by Crippen LogP contribution is -2.31. The summed E-state index contributed by atoms with van der Waals surface area (Å²) in [5.74, 6) is 0.360. The van der Waals surface area contributed by atoms with Gasteiger partial charge in [0, 0.05) is 16.7 Å². The Morgan fingerprint density at radius 2 is 1.10 bits per heavy atom. The number of fused-ring (bicyclic) bond motifs is 5. The molecule has 42 heavy (non-hydrogen) atoms. The molecule has 2 bridgehead atoms. The normalized spacial score (nSPS) is 26.4. The molecule has 0 saturated heterocycles. The highest BCUT2D eigenvalue weighted by molar-refractivity contribution is 7.75. The molecule has 0 radical (unpaired) electrons. The number of benzene rings is 4. The van der Waals surface area contributed by atoms with E-state index in [1.807, 2.05) is 0 Å².